The lowest BCUT2D eigenvalue weighted by molar-refractivity contribution is -0.137. The van der Waals surface area contributed by atoms with Gasteiger partial charge in [0.1, 0.15) is 11.9 Å². The van der Waals surface area contributed by atoms with Gasteiger partial charge in [0, 0.05) is 48.1 Å². The Morgan fingerprint density at radius 1 is 1.06 bits per heavy atom. The molecule has 4 aromatic rings. The Hall–Kier alpha value is -3.70. The molecular formula is C37H46F3N5O2S. The van der Waals surface area contributed by atoms with Gasteiger partial charge in [-0.25, -0.2) is 4.98 Å². The fraction of sp³-hybridized carbons (Fsp3) is 0.486. The molecular weight excluding hydrogens is 636 g/mol. The zero-order valence-electron chi connectivity index (χ0n) is 28.3. The molecule has 0 spiro atoms. The molecule has 0 saturated carbocycles. The number of nitrogens with zero attached hydrogens (tertiary/aromatic N) is 3. The number of alkyl halides is 3. The summed E-state index contributed by atoms with van der Waals surface area (Å²) >= 11 is 1.71. The number of aromatic nitrogens is 2. The van der Waals surface area contributed by atoms with Crippen LogP contribution in [0.2, 0.25) is 0 Å². The van der Waals surface area contributed by atoms with Crippen LogP contribution in [-0.4, -0.2) is 50.9 Å². The number of thiophene rings is 1. The highest BCUT2D eigenvalue weighted by Gasteiger charge is 2.36. The number of rotatable bonds is 13. The Balaban J connectivity index is 1.28. The van der Waals surface area contributed by atoms with Gasteiger partial charge in [0.25, 0.3) is 5.91 Å². The minimum atomic E-state index is -4.37. The zero-order chi connectivity index (χ0) is 34.6. The van der Waals surface area contributed by atoms with Crippen molar-refractivity contribution in [1.82, 2.24) is 25.1 Å². The third-order valence-corrected chi connectivity index (χ3v) is 10.2. The van der Waals surface area contributed by atoms with Gasteiger partial charge in [-0.3, -0.25) is 9.59 Å². The molecule has 2 aromatic carbocycles. The molecule has 3 heterocycles. The maximum absolute atomic E-state index is 13.9. The highest BCUT2D eigenvalue weighted by molar-refractivity contribution is 7.09. The van der Waals surface area contributed by atoms with Crippen LogP contribution in [0, 0.1) is 5.92 Å². The summed E-state index contributed by atoms with van der Waals surface area (Å²) in [6.45, 7) is 11.3. The first kappa shape index (κ1) is 35.6. The van der Waals surface area contributed by atoms with Crippen molar-refractivity contribution >= 4 is 34.2 Å². The minimum Gasteiger partial charge on any atom is -0.340 e. The number of imidazole rings is 1. The normalized spacial score (nSPS) is 17.5. The second kappa shape index (κ2) is 15.2. The molecule has 0 bridgehead atoms. The number of likely N-dealkylation sites (tertiary alicyclic amines) is 1. The van der Waals surface area contributed by atoms with Crippen LogP contribution in [0.1, 0.15) is 98.5 Å². The molecule has 2 unspecified atom stereocenters. The maximum Gasteiger partial charge on any atom is 0.416 e. The maximum atomic E-state index is 13.9. The van der Waals surface area contributed by atoms with Crippen LogP contribution in [0.3, 0.4) is 0 Å². The van der Waals surface area contributed by atoms with E-state index in [-0.39, 0.29) is 29.8 Å². The molecule has 2 aromatic heterocycles. The van der Waals surface area contributed by atoms with Crippen molar-refractivity contribution in [2.45, 2.75) is 104 Å². The number of carbonyl (C=O) groups excluding carboxylic acids is 2. The Labute approximate surface area is 284 Å². The number of hydrogen-bond acceptors (Lipinski definition) is 5. The molecule has 2 amide bonds. The molecule has 1 aliphatic rings. The number of halogens is 3. The summed E-state index contributed by atoms with van der Waals surface area (Å²) < 4.78 is 41.1. The first-order valence-corrected chi connectivity index (χ1v) is 17.8. The van der Waals surface area contributed by atoms with Crippen LogP contribution in [0.5, 0.6) is 0 Å². The smallest absolute Gasteiger partial charge is 0.340 e. The average Bonchev–Trinajstić information content (AvgIpc) is 3.78. The predicted molar refractivity (Wildman–Crippen MR) is 185 cm³/mol. The first-order valence-electron chi connectivity index (χ1n) is 16.9. The van der Waals surface area contributed by atoms with Crippen molar-refractivity contribution in [3.63, 3.8) is 0 Å². The topological polar surface area (TPSA) is 79.3 Å². The monoisotopic (exact) mass is 681 g/mol. The molecule has 7 nitrogen and oxygen atoms in total. The molecule has 48 heavy (non-hydrogen) atoms. The second-order valence-corrected chi connectivity index (χ2v) is 14.4. The van der Waals surface area contributed by atoms with Crippen molar-refractivity contribution in [1.29, 1.82) is 0 Å². The molecule has 3 atom stereocenters. The van der Waals surface area contributed by atoms with Crippen molar-refractivity contribution in [2.75, 3.05) is 6.54 Å². The molecule has 1 fully saturated rings. The molecule has 11 heteroatoms. The molecule has 1 aliphatic heterocycles. The number of nitrogens with one attached hydrogen (secondary N) is 2. The summed E-state index contributed by atoms with van der Waals surface area (Å²) in [6, 6.07) is 14.5. The van der Waals surface area contributed by atoms with E-state index in [4.69, 9.17) is 4.98 Å². The van der Waals surface area contributed by atoms with Crippen molar-refractivity contribution in [3.05, 3.63) is 87.4 Å². The predicted octanol–water partition coefficient (Wildman–Crippen LogP) is 7.99. The van der Waals surface area contributed by atoms with E-state index in [1.807, 2.05) is 49.9 Å². The van der Waals surface area contributed by atoms with E-state index in [9.17, 15) is 22.8 Å². The summed E-state index contributed by atoms with van der Waals surface area (Å²) in [5, 5.41) is 8.51. The Kier molecular flexibility index (Phi) is 11.3. The van der Waals surface area contributed by atoms with Gasteiger partial charge in [-0.15, -0.1) is 11.3 Å². The molecule has 2 N–H and O–H groups in total. The lowest BCUT2D eigenvalue weighted by Crippen LogP contribution is -2.50. The standard InChI is InChI=1S/C37H46F3N5O2S/c1-6-29(7-2)45-33-15-12-26(19-31(33)42-34(45)20-30-9-8-16-48-30)35(46)43-32(17-23(3)4)36(47)44-22-28(18-24(44)5)41-21-25-10-13-27(14-11-25)37(38,39)40/h8-16,19,23-24,28-29,32,41H,6-7,17-18,20-22H2,1-5H3,(H,43,46)/t24?,28?,32-/m0/s1. The van der Waals surface area contributed by atoms with Gasteiger partial charge in [-0.1, -0.05) is 45.9 Å². The number of carbonyl (C=O) groups is 2. The van der Waals surface area contributed by atoms with Crippen LogP contribution in [0.4, 0.5) is 13.2 Å². The molecule has 5 rings (SSSR count). The molecule has 1 saturated heterocycles. The number of amides is 2. The summed E-state index contributed by atoms with van der Waals surface area (Å²) in [6.07, 6.45) is -0.496. The van der Waals surface area contributed by atoms with E-state index >= 15 is 0 Å². The van der Waals surface area contributed by atoms with Gasteiger partial charge >= 0.3 is 6.18 Å². The van der Waals surface area contributed by atoms with Crippen molar-refractivity contribution in [3.8, 4) is 0 Å². The molecule has 0 radical (unpaired) electrons. The van der Waals surface area contributed by atoms with Crippen LogP contribution in [0.25, 0.3) is 11.0 Å². The van der Waals surface area contributed by atoms with E-state index in [1.165, 1.54) is 17.0 Å². The quantitative estimate of drug-likeness (QED) is 0.150. The average molecular weight is 682 g/mol. The highest BCUT2D eigenvalue weighted by atomic mass is 32.1. The van der Waals surface area contributed by atoms with E-state index in [2.05, 4.69) is 40.5 Å². The highest BCUT2D eigenvalue weighted by Crippen LogP contribution is 2.30. The van der Waals surface area contributed by atoms with Gasteiger partial charge in [0.05, 0.1) is 16.6 Å². The Morgan fingerprint density at radius 2 is 1.79 bits per heavy atom. The van der Waals surface area contributed by atoms with Gasteiger partial charge in [-0.05, 0) is 85.9 Å². The lowest BCUT2D eigenvalue weighted by atomic mass is 10.0. The Morgan fingerprint density at radius 3 is 2.42 bits per heavy atom. The molecule has 0 aliphatic carbocycles. The third kappa shape index (κ3) is 8.29. The second-order valence-electron chi connectivity index (χ2n) is 13.3. The number of fused-ring (bicyclic) bond motifs is 1. The largest absolute Gasteiger partial charge is 0.416 e. The van der Waals surface area contributed by atoms with Crippen LogP contribution >= 0.6 is 11.3 Å². The van der Waals surface area contributed by atoms with Crippen molar-refractivity contribution in [2.24, 2.45) is 5.92 Å². The van der Waals surface area contributed by atoms with Crippen LogP contribution in [0.15, 0.2) is 60.0 Å². The van der Waals surface area contributed by atoms with E-state index in [1.54, 1.807) is 11.3 Å². The van der Waals surface area contributed by atoms with E-state index in [0.29, 0.717) is 37.5 Å². The van der Waals surface area contributed by atoms with Gasteiger partial charge in [0.2, 0.25) is 5.91 Å². The number of hydrogen-bond donors (Lipinski definition) is 2. The zero-order valence-corrected chi connectivity index (χ0v) is 29.1. The van der Waals surface area contributed by atoms with Crippen molar-refractivity contribution < 1.29 is 22.8 Å². The Bertz CT molecular complexity index is 1680. The minimum absolute atomic E-state index is 0.0161. The van der Waals surface area contributed by atoms with Gasteiger partial charge in [-0.2, -0.15) is 13.2 Å². The summed E-state index contributed by atoms with van der Waals surface area (Å²) in [4.78, 5) is 35.7. The van der Waals surface area contributed by atoms with Crippen LogP contribution < -0.4 is 10.6 Å². The van der Waals surface area contributed by atoms with Gasteiger partial charge < -0.3 is 20.1 Å². The summed E-state index contributed by atoms with van der Waals surface area (Å²) in [5.74, 6) is 0.720. The SMILES string of the molecule is CCC(CC)n1c(Cc2cccs2)nc2cc(C(=O)N[C@@H](CC(C)C)C(=O)N3CC(NCc4ccc(C(F)(F)F)cc4)CC3C)ccc21. The molecule has 258 valence electrons. The van der Waals surface area contributed by atoms with E-state index in [0.717, 1.165) is 53.8 Å². The van der Waals surface area contributed by atoms with E-state index < -0.39 is 17.8 Å². The first-order chi connectivity index (χ1) is 22.9. The third-order valence-electron chi connectivity index (χ3n) is 9.29. The van der Waals surface area contributed by atoms with Gasteiger partial charge in [0.15, 0.2) is 0 Å². The van der Waals surface area contributed by atoms with Crippen LogP contribution in [-0.2, 0) is 23.9 Å². The summed E-state index contributed by atoms with van der Waals surface area (Å²) in [5.41, 5.74) is 2.30. The number of benzene rings is 2. The lowest BCUT2D eigenvalue weighted by Gasteiger charge is -2.28. The fourth-order valence-electron chi connectivity index (χ4n) is 6.74. The summed E-state index contributed by atoms with van der Waals surface area (Å²) in [7, 11) is 0. The fourth-order valence-corrected chi connectivity index (χ4v) is 7.44.